The maximum atomic E-state index is 12.7. The average Bonchev–Trinajstić information content (AvgIpc) is 2.76. The van der Waals surface area contributed by atoms with Gasteiger partial charge in [0, 0.05) is 18.3 Å². The molecule has 0 aliphatic carbocycles. The van der Waals surface area contributed by atoms with E-state index in [2.05, 4.69) is 10.0 Å². The fourth-order valence-electron chi connectivity index (χ4n) is 2.69. The molecular weight excluding hydrogens is 436 g/mol. The summed E-state index contributed by atoms with van der Waals surface area (Å²) in [5, 5.41) is 3.90. The first-order chi connectivity index (χ1) is 15.2. The van der Waals surface area contributed by atoms with Crippen LogP contribution in [0.3, 0.4) is 0 Å². The largest absolute Gasteiger partial charge is 0.496 e. The number of ketones is 1. The molecule has 0 bridgehead atoms. The average molecular weight is 463 g/mol. The summed E-state index contributed by atoms with van der Waals surface area (Å²) in [5.41, 5.74) is 1.21. The summed E-state index contributed by atoms with van der Waals surface area (Å²) in [6.07, 6.45) is 4.16. The first-order valence-electron chi connectivity index (χ1n) is 9.35. The SMILES string of the molecule is COc1cc(OC)c(C=CS(=O)(=O)Nc2ccc(OC)c(NC=CC(C)=O)c2)c(OC)c1. The maximum Gasteiger partial charge on any atom is 0.255 e. The van der Waals surface area contributed by atoms with E-state index < -0.39 is 10.0 Å². The van der Waals surface area contributed by atoms with Gasteiger partial charge in [-0.05, 0) is 37.3 Å². The molecule has 0 fully saturated rings. The van der Waals surface area contributed by atoms with Crippen molar-refractivity contribution in [1.82, 2.24) is 0 Å². The molecule has 0 saturated heterocycles. The van der Waals surface area contributed by atoms with E-state index in [1.54, 1.807) is 30.3 Å². The number of sulfonamides is 1. The molecule has 0 unspecified atom stereocenters. The van der Waals surface area contributed by atoms with Gasteiger partial charge in [0.25, 0.3) is 10.0 Å². The van der Waals surface area contributed by atoms with Gasteiger partial charge in [-0.2, -0.15) is 0 Å². The number of nitrogens with one attached hydrogen (secondary N) is 2. The highest BCUT2D eigenvalue weighted by atomic mass is 32.2. The third-order valence-corrected chi connectivity index (χ3v) is 5.20. The number of hydrogen-bond acceptors (Lipinski definition) is 8. The smallest absolute Gasteiger partial charge is 0.255 e. The predicted molar refractivity (Wildman–Crippen MR) is 124 cm³/mol. The van der Waals surface area contributed by atoms with Crippen molar-refractivity contribution in [2.45, 2.75) is 6.92 Å². The van der Waals surface area contributed by atoms with Crippen molar-refractivity contribution >= 4 is 33.3 Å². The minimum Gasteiger partial charge on any atom is -0.496 e. The number of methoxy groups -OCH3 is 4. The van der Waals surface area contributed by atoms with E-state index in [4.69, 9.17) is 18.9 Å². The molecule has 32 heavy (non-hydrogen) atoms. The van der Waals surface area contributed by atoms with Gasteiger partial charge in [-0.15, -0.1) is 0 Å². The van der Waals surface area contributed by atoms with Crippen LogP contribution in [0.1, 0.15) is 12.5 Å². The van der Waals surface area contributed by atoms with Crippen molar-refractivity contribution in [2.24, 2.45) is 0 Å². The van der Waals surface area contributed by atoms with Gasteiger partial charge in [-0.3, -0.25) is 9.52 Å². The summed E-state index contributed by atoms with van der Waals surface area (Å²) in [6, 6.07) is 7.94. The molecule has 0 spiro atoms. The second-order valence-corrected chi connectivity index (χ2v) is 7.97. The minimum atomic E-state index is -3.88. The Bertz CT molecular complexity index is 1100. The van der Waals surface area contributed by atoms with Crippen LogP contribution in [0, 0.1) is 0 Å². The standard InChI is InChI=1S/C22H26N2O7S/c1-15(25)8-10-23-19-12-16(6-7-20(19)29-3)24-32(26,27)11-9-18-21(30-4)13-17(28-2)14-22(18)31-5/h6-14,23-24H,1-5H3. The summed E-state index contributed by atoms with van der Waals surface area (Å²) < 4.78 is 48.9. The van der Waals surface area contributed by atoms with Gasteiger partial charge in [0.15, 0.2) is 5.78 Å². The second kappa shape index (κ2) is 11.1. The van der Waals surface area contributed by atoms with E-state index in [0.717, 1.165) is 5.41 Å². The lowest BCUT2D eigenvalue weighted by Gasteiger charge is -2.13. The fourth-order valence-corrected chi connectivity index (χ4v) is 3.52. The lowest BCUT2D eigenvalue weighted by molar-refractivity contribution is -0.112. The maximum absolute atomic E-state index is 12.7. The zero-order chi connectivity index (χ0) is 23.7. The van der Waals surface area contributed by atoms with E-state index >= 15 is 0 Å². The molecule has 172 valence electrons. The fraction of sp³-hybridized carbons (Fsp3) is 0.227. The van der Waals surface area contributed by atoms with Gasteiger partial charge in [0.05, 0.1) is 50.8 Å². The highest BCUT2D eigenvalue weighted by Gasteiger charge is 2.14. The molecule has 0 heterocycles. The third kappa shape index (κ3) is 6.67. The number of benzene rings is 2. The molecule has 0 amide bonds. The number of rotatable bonds is 11. The van der Waals surface area contributed by atoms with Gasteiger partial charge < -0.3 is 24.3 Å². The first kappa shape index (κ1) is 24.6. The zero-order valence-corrected chi connectivity index (χ0v) is 19.3. The topological polar surface area (TPSA) is 112 Å². The molecule has 9 nitrogen and oxygen atoms in total. The van der Waals surface area contributed by atoms with Gasteiger partial charge in [-0.1, -0.05) is 0 Å². The molecular formula is C22H26N2O7S. The number of carbonyl (C=O) groups is 1. The highest BCUT2D eigenvalue weighted by molar-refractivity contribution is 7.95. The van der Waals surface area contributed by atoms with Crippen molar-refractivity contribution in [3.8, 4) is 23.0 Å². The number of allylic oxidation sites excluding steroid dienone is 1. The summed E-state index contributed by atoms with van der Waals surface area (Å²) in [4.78, 5) is 11.1. The molecule has 2 aromatic rings. The Hall–Kier alpha value is -3.66. The van der Waals surface area contributed by atoms with Gasteiger partial charge >= 0.3 is 0 Å². The van der Waals surface area contributed by atoms with Crippen molar-refractivity contribution in [3.05, 3.63) is 53.6 Å². The Morgan fingerprint density at radius 3 is 2.06 bits per heavy atom. The van der Waals surface area contributed by atoms with Crippen LogP contribution in [0.4, 0.5) is 11.4 Å². The summed E-state index contributed by atoms with van der Waals surface area (Å²) in [6.45, 7) is 1.42. The molecule has 0 atom stereocenters. The minimum absolute atomic E-state index is 0.136. The molecule has 2 aromatic carbocycles. The Morgan fingerprint density at radius 1 is 0.906 bits per heavy atom. The first-order valence-corrected chi connectivity index (χ1v) is 10.9. The van der Waals surface area contributed by atoms with Crippen molar-refractivity contribution in [2.75, 3.05) is 38.5 Å². The Labute approximate surface area is 187 Å². The molecule has 0 aliphatic rings. The van der Waals surface area contributed by atoms with Crippen LogP contribution in [0.2, 0.25) is 0 Å². The number of carbonyl (C=O) groups excluding carboxylic acids is 1. The monoisotopic (exact) mass is 462 g/mol. The van der Waals surface area contributed by atoms with Gasteiger partial charge in [0.2, 0.25) is 0 Å². The molecule has 0 saturated carbocycles. The van der Waals surface area contributed by atoms with E-state index in [1.165, 1.54) is 53.7 Å². The molecule has 0 aliphatic heterocycles. The zero-order valence-electron chi connectivity index (χ0n) is 18.5. The van der Waals surface area contributed by atoms with Crippen LogP contribution in [-0.2, 0) is 14.8 Å². The normalized spacial score (nSPS) is 11.4. The van der Waals surface area contributed by atoms with Crippen LogP contribution in [0.5, 0.6) is 23.0 Å². The predicted octanol–water partition coefficient (Wildman–Crippen LogP) is 3.65. The van der Waals surface area contributed by atoms with Gasteiger partial charge in [0.1, 0.15) is 23.0 Å². The molecule has 0 radical (unpaired) electrons. The Kier molecular flexibility index (Phi) is 8.54. The lowest BCUT2D eigenvalue weighted by atomic mass is 10.1. The Balaban J connectivity index is 2.31. The van der Waals surface area contributed by atoms with Crippen LogP contribution in [0.15, 0.2) is 48.0 Å². The van der Waals surface area contributed by atoms with Crippen molar-refractivity contribution in [3.63, 3.8) is 0 Å². The van der Waals surface area contributed by atoms with Crippen LogP contribution >= 0.6 is 0 Å². The molecule has 0 aromatic heterocycles. The molecule has 10 heteroatoms. The third-order valence-electron chi connectivity index (χ3n) is 4.18. The van der Waals surface area contributed by atoms with Crippen LogP contribution in [-0.4, -0.2) is 42.6 Å². The van der Waals surface area contributed by atoms with E-state index in [-0.39, 0.29) is 5.78 Å². The van der Waals surface area contributed by atoms with E-state index in [0.29, 0.717) is 39.9 Å². The van der Waals surface area contributed by atoms with Crippen LogP contribution in [0.25, 0.3) is 6.08 Å². The van der Waals surface area contributed by atoms with E-state index in [9.17, 15) is 13.2 Å². The highest BCUT2D eigenvalue weighted by Crippen LogP contribution is 2.35. The number of anilines is 2. The molecule has 2 rings (SSSR count). The van der Waals surface area contributed by atoms with Crippen molar-refractivity contribution < 1.29 is 32.2 Å². The quantitative estimate of drug-likeness (QED) is 0.487. The number of hydrogen-bond donors (Lipinski definition) is 2. The summed E-state index contributed by atoms with van der Waals surface area (Å²) in [5.74, 6) is 1.63. The number of ether oxygens (including phenoxy) is 4. The second-order valence-electron chi connectivity index (χ2n) is 6.40. The van der Waals surface area contributed by atoms with E-state index in [1.807, 2.05) is 0 Å². The Morgan fingerprint density at radius 2 is 1.53 bits per heavy atom. The summed E-state index contributed by atoms with van der Waals surface area (Å²) >= 11 is 0. The van der Waals surface area contributed by atoms with Crippen molar-refractivity contribution in [1.29, 1.82) is 0 Å². The van der Waals surface area contributed by atoms with Crippen LogP contribution < -0.4 is 29.0 Å². The van der Waals surface area contributed by atoms with Gasteiger partial charge in [-0.25, -0.2) is 8.42 Å². The summed E-state index contributed by atoms with van der Waals surface area (Å²) in [7, 11) is 2.03. The molecule has 2 N–H and O–H groups in total. The lowest BCUT2D eigenvalue weighted by Crippen LogP contribution is -2.09.